The summed E-state index contributed by atoms with van der Waals surface area (Å²) >= 11 is 1.76. The zero-order valence-corrected chi connectivity index (χ0v) is 9.96. The average Bonchev–Trinajstić information content (AvgIpc) is 2.36. The standard InChI is InChI=1S/C14H11NOS/c16-8-7-10-5-6-14-12(9-10)15-11-3-1-2-4-13(11)17-14/h1-6,8-9,15H,7H2. The summed E-state index contributed by atoms with van der Waals surface area (Å²) in [6.07, 6.45) is 1.41. The predicted octanol–water partition coefficient (Wildman–Crippen LogP) is 3.64. The zero-order chi connectivity index (χ0) is 11.7. The number of carbonyl (C=O) groups is 1. The molecule has 1 heterocycles. The van der Waals surface area contributed by atoms with Gasteiger partial charge in [0, 0.05) is 16.2 Å². The number of carbonyl (C=O) groups excluding carboxylic acids is 1. The molecule has 0 aromatic heterocycles. The van der Waals surface area contributed by atoms with E-state index in [1.807, 2.05) is 24.3 Å². The lowest BCUT2D eigenvalue weighted by molar-refractivity contribution is -0.107. The monoisotopic (exact) mass is 241 g/mol. The van der Waals surface area contributed by atoms with Crippen molar-refractivity contribution < 1.29 is 4.79 Å². The van der Waals surface area contributed by atoms with Gasteiger partial charge in [0.25, 0.3) is 0 Å². The van der Waals surface area contributed by atoms with E-state index in [2.05, 4.69) is 23.5 Å². The van der Waals surface area contributed by atoms with Gasteiger partial charge in [-0.3, -0.25) is 0 Å². The molecule has 3 heteroatoms. The van der Waals surface area contributed by atoms with Gasteiger partial charge >= 0.3 is 0 Å². The number of anilines is 2. The van der Waals surface area contributed by atoms with Gasteiger partial charge in [-0.15, -0.1) is 0 Å². The highest BCUT2D eigenvalue weighted by atomic mass is 32.2. The number of nitrogens with one attached hydrogen (secondary N) is 1. The number of aldehydes is 1. The van der Waals surface area contributed by atoms with Crippen LogP contribution in [0.1, 0.15) is 5.56 Å². The zero-order valence-electron chi connectivity index (χ0n) is 9.14. The highest BCUT2D eigenvalue weighted by molar-refractivity contribution is 7.99. The van der Waals surface area contributed by atoms with E-state index in [0.29, 0.717) is 6.42 Å². The van der Waals surface area contributed by atoms with Crippen LogP contribution >= 0.6 is 11.8 Å². The third kappa shape index (κ3) is 1.94. The number of rotatable bonds is 2. The van der Waals surface area contributed by atoms with Crippen molar-refractivity contribution in [2.75, 3.05) is 5.32 Å². The average molecular weight is 241 g/mol. The van der Waals surface area contributed by atoms with Gasteiger partial charge in [0.1, 0.15) is 6.29 Å². The molecule has 1 N–H and O–H groups in total. The Morgan fingerprint density at radius 3 is 2.76 bits per heavy atom. The number of benzene rings is 2. The van der Waals surface area contributed by atoms with Crippen molar-refractivity contribution in [1.82, 2.24) is 0 Å². The maximum Gasteiger partial charge on any atom is 0.124 e. The fraction of sp³-hybridized carbons (Fsp3) is 0.0714. The van der Waals surface area contributed by atoms with Crippen LogP contribution in [-0.4, -0.2) is 6.29 Å². The molecule has 2 aromatic rings. The molecule has 1 aliphatic rings. The Morgan fingerprint density at radius 1 is 1.06 bits per heavy atom. The number of para-hydroxylation sites is 1. The first kappa shape index (κ1) is 10.4. The molecule has 84 valence electrons. The van der Waals surface area contributed by atoms with E-state index in [1.165, 1.54) is 9.79 Å². The van der Waals surface area contributed by atoms with Crippen molar-refractivity contribution in [3.63, 3.8) is 0 Å². The van der Waals surface area contributed by atoms with Crippen LogP contribution < -0.4 is 5.32 Å². The molecule has 0 aliphatic carbocycles. The van der Waals surface area contributed by atoms with Crippen molar-refractivity contribution in [1.29, 1.82) is 0 Å². The minimum absolute atomic E-state index is 0.473. The normalized spacial score (nSPS) is 12.2. The topological polar surface area (TPSA) is 29.1 Å². The quantitative estimate of drug-likeness (QED) is 0.694. The van der Waals surface area contributed by atoms with Crippen LogP contribution in [0.25, 0.3) is 0 Å². The second kappa shape index (κ2) is 4.26. The van der Waals surface area contributed by atoms with Gasteiger partial charge in [0.05, 0.1) is 11.4 Å². The lowest BCUT2D eigenvalue weighted by atomic mass is 10.1. The van der Waals surface area contributed by atoms with Crippen LogP contribution in [-0.2, 0) is 11.2 Å². The third-order valence-electron chi connectivity index (χ3n) is 2.74. The predicted molar refractivity (Wildman–Crippen MR) is 70.1 cm³/mol. The number of hydrogen-bond acceptors (Lipinski definition) is 3. The molecule has 3 rings (SSSR count). The summed E-state index contributed by atoms with van der Waals surface area (Å²) < 4.78 is 0. The maximum atomic E-state index is 10.5. The molecule has 0 saturated heterocycles. The Kier molecular flexibility index (Phi) is 2.61. The molecule has 2 nitrogen and oxygen atoms in total. The van der Waals surface area contributed by atoms with Gasteiger partial charge in [-0.2, -0.15) is 0 Å². The van der Waals surface area contributed by atoms with E-state index in [1.54, 1.807) is 11.8 Å². The van der Waals surface area contributed by atoms with E-state index < -0.39 is 0 Å². The third-order valence-corrected chi connectivity index (χ3v) is 3.89. The summed E-state index contributed by atoms with van der Waals surface area (Å²) in [5.74, 6) is 0. The minimum atomic E-state index is 0.473. The van der Waals surface area contributed by atoms with Crippen LogP contribution in [0.3, 0.4) is 0 Å². The molecule has 0 atom stereocenters. The molecular formula is C14H11NOS. The van der Waals surface area contributed by atoms with Gasteiger partial charge in [0.2, 0.25) is 0 Å². The fourth-order valence-corrected chi connectivity index (χ4v) is 2.88. The van der Waals surface area contributed by atoms with E-state index in [4.69, 9.17) is 0 Å². The first-order valence-electron chi connectivity index (χ1n) is 5.47. The minimum Gasteiger partial charge on any atom is -0.354 e. The first-order chi connectivity index (χ1) is 8.36. The molecule has 0 unspecified atom stereocenters. The molecule has 0 amide bonds. The molecule has 0 radical (unpaired) electrons. The Morgan fingerprint density at radius 2 is 1.88 bits per heavy atom. The molecule has 0 spiro atoms. The number of fused-ring (bicyclic) bond motifs is 2. The van der Waals surface area contributed by atoms with E-state index >= 15 is 0 Å². The van der Waals surface area contributed by atoms with Gasteiger partial charge in [-0.1, -0.05) is 30.0 Å². The molecule has 0 bridgehead atoms. The molecule has 0 fully saturated rings. The van der Waals surface area contributed by atoms with Crippen LogP contribution in [0.5, 0.6) is 0 Å². The molecule has 2 aromatic carbocycles. The van der Waals surface area contributed by atoms with Crippen LogP contribution in [0.4, 0.5) is 11.4 Å². The molecule has 1 aliphatic heterocycles. The second-order valence-electron chi connectivity index (χ2n) is 3.92. The summed E-state index contributed by atoms with van der Waals surface area (Å²) in [5.41, 5.74) is 3.27. The van der Waals surface area contributed by atoms with Gasteiger partial charge in [0.15, 0.2) is 0 Å². The Balaban J connectivity index is 2.00. The SMILES string of the molecule is O=CCc1ccc2c(c1)Nc1ccccc1S2. The van der Waals surface area contributed by atoms with E-state index in [9.17, 15) is 4.79 Å². The van der Waals surface area contributed by atoms with Crippen LogP contribution in [0.15, 0.2) is 52.3 Å². The second-order valence-corrected chi connectivity index (χ2v) is 5.01. The maximum absolute atomic E-state index is 10.5. The van der Waals surface area contributed by atoms with Gasteiger partial charge < -0.3 is 10.1 Å². The Labute approximate surface area is 104 Å². The lowest BCUT2D eigenvalue weighted by Gasteiger charge is -2.21. The van der Waals surface area contributed by atoms with Crippen molar-refractivity contribution in [2.24, 2.45) is 0 Å². The van der Waals surface area contributed by atoms with Crippen molar-refractivity contribution >= 4 is 29.4 Å². The van der Waals surface area contributed by atoms with E-state index in [0.717, 1.165) is 23.2 Å². The summed E-state index contributed by atoms with van der Waals surface area (Å²) in [7, 11) is 0. The highest BCUT2D eigenvalue weighted by Crippen LogP contribution is 2.44. The highest BCUT2D eigenvalue weighted by Gasteiger charge is 2.14. The molecule has 17 heavy (non-hydrogen) atoms. The smallest absolute Gasteiger partial charge is 0.124 e. The molecular weight excluding hydrogens is 230 g/mol. The summed E-state index contributed by atoms with van der Waals surface area (Å²) in [4.78, 5) is 13.0. The largest absolute Gasteiger partial charge is 0.354 e. The van der Waals surface area contributed by atoms with Crippen molar-refractivity contribution in [3.05, 3.63) is 48.0 Å². The summed E-state index contributed by atoms with van der Waals surface area (Å²) in [6, 6.07) is 14.4. The lowest BCUT2D eigenvalue weighted by Crippen LogP contribution is -2.00. The van der Waals surface area contributed by atoms with Crippen LogP contribution in [0.2, 0.25) is 0 Å². The molecule has 0 saturated carbocycles. The summed E-state index contributed by atoms with van der Waals surface area (Å²) in [6.45, 7) is 0. The van der Waals surface area contributed by atoms with Gasteiger partial charge in [-0.05, 0) is 29.8 Å². The van der Waals surface area contributed by atoms with E-state index in [-0.39, 0.29) is 0 Å². The first-order valence-corrected chi connectivity index (χ1v) is 6.29. The van der Waals surface area contributed by atoms with Crippen molar-refractivity contribution in [3.8, 4) is 0 Å². The van der Waals surface area contributed by atoms with Crippen molar-refractivity contribution in [2.45, 2.75) is 16.2 Å². The number of hydrogen-bond donors (Lipinski definition) is 1. The van der Waals surface area contributed by atoms with Gasteiger partial charge in [-0.25, -0.2) is 0 Å². The Hall–Kier alpha value is -1.74. The summed E-state index contributed by atoms with van der Waals surface area (Å²) in [5, 5.41) is 3.40. The van der Waals surface area contributed by atoms with Crippen LogP contribution in [0, 0.1) is 0 Å². The fourth-order valence-electron chi connectivity index (χ4n) is 1.91. The Bertz CT molecular complexity index is 580.